The standard InChI is InChI=1S/C11H14.C4H8/c1-3-7-10(2)11-8-5-4-6-9-11;1-3-4-2/h3-5,7-8H,2,6,9H2,1H3;3H,1,4H2,2H3/b7-3-;. The number of rotatable bonds is 3. The number of hydrogen-bond acceptors (Lipinski definition) is 0. The summed E-state index contributed by atoms with van der Waals surface area (Å²) >= 11 is 0. The Balaban J connectivity index is 0.000000423. The summed E-state index contributed by atoms with van der Waals surface area (Å²) in [5, 5.41) is 0. The Morgan fingerprint density at radius 3 is 2.60 bits per heavy atom. The van der Waals surface area contributed by atoms with Gasteiger partial charge in [-0.15, -0.1) is 6.58 Å². The van der Waals surface area contributed by atoms with Gasteiger partial charge >= 0.3 is 0 Å². The predicted molar refractivity (Wildman–Crippen MR) is 70.9 cm³/mol. The first-order valence-electron chi connectivity index (χ1n) is 5.54. The second kappa shape index (κ2) is 9.26. The van der Waals surface area contributed by atoms with Crippen molar-refractivity contribution in [3.8, 4) is 0 Å². The van der Waals surface area contributed by atoms with Crippen LogP contribution in [0.4, 0.5) is 0 Å². The Bertz CT molecular complexity index is 274. The molecule has 0 radical (unpaired) electrons. The van der Waals surface area contributed by atoms with Crippen LogP contribution in [0.2, 0.25) is 0 Å². The molecular formula is C15H22. The summed E-state index contributed by atoms with van der Waals surface area (Å²) in [6.07, 6.45) is 15.8. The van der Waals surface area contributed by atoms with E-state index in [0.717, 1.165) is 24.8 Å². The van der Waals surface area contributed by atoms with E-state index in [1.54, 1.807) is 0 Å². The van der Waals surface area contributed by atoms with E-state index in [2.05, 4.69) is 44.4 Å². The van der Waals surface area contributed by atoms with Crippen LogP contribution in [-0.2, 0) is 0 Å². The summed E-state index contributed by atoms with van der Waals surface area (Å²) < 4.78 is 0. The van der Waals surface area contributed by atoms with Crippen molar-refractivity contribution < 1.29 is 0 Å². The summed E-state index contributed by atoms with van der Waals surface area (Å²) in [6.45, 7) is 11.5. The molecule has 0 heterocycles. The van der Waals surface area contributed by atoms with E-state index in [1.165, 1.54) is 5.57 Å². The van der Waals surface area contributed by atoms with Gasteiger partial charge in [0.15, 0.2) is 0 Å². The van der Waals surface area contributed by atoms with Crippen molar-refractivity contribution in [2.75, 3.05) is 0 Å². The highest BCUT2D eigenvalue weighted by atomic mass is 14.0. The molecule has 0 atom stereocenters. The van der Waals surface area contributed by atoms with Crippen molar-refractivity contribution in [2.24, 2.45) is 0 Å². The third-order valence-electron chi connectivity index (χ3n) is 2.08. The molecule has 0 amide bonds. The zero-order chi connectivity index (χ0) is 11.5. The number of hydrogen-bond donors (Lipinski definition) is 0. The molecule has 0 nitrogen and oxygen atoms in total. The fraction of sp³-hybridized carbons (Fsp3) is 0.333. The van der Waals surface area contributed by atoms with Crippen molar-refractivity contribution in [1.29, 1.82) is 0 Å². The van der Waals surface area contributed by atoms with Gasteiger partial charge in [-0.25, -0.2) is 0 Å². The van der Waals surface area contributed by atoms with Crippen LogP contribution < -0.4 is 0 Å². The van der Waals surface area contributed by atoms with Crippen LogP contribution in [0.1, 0.15) is 33.1 Å². The Hall–Kier alpha value is -1.30. The van der Waals surface area contributed by atoms with Gasteiger partial charge in [0, 0.05) is 0 Å². The number of allylic oxidation sites excluding steroid dienone is 8. The van der Waals surface area contributed by atoms with Crippen molar-refractivity contribution >= 4 is 0 Å². The van der Waals surface area contributed by atoms with E-state index in [9.17, 15) is 0 Å². The lowest BCUT2D eigenvalue weighted by molar-refractivity contribution is 0.979. The first-order chi connectivity index (χ1) is 7.26. The average Bonchev–Trinajstić information content (AvgIpc) is 2.31. The van der Waals surface area contributed by atoms with Gasteiger partial charge in [0.2, 0.25) is 0 Å². The highest BCUT2D eigenvalue weighted by Crippen LogP contribution is 2.19. The minimum absolute atomic E-state index is 1.08. The predicted octanol–water partition coefficient (Wildman–Crippen LogP) is 4.98. The van der Waals surface area contributed by atoms with Crippen LogP contribution in [0.15, 0.2) is 60.8 Å². The Morgan fingerprint density at radius 1 is 1.53 bits per heavy atom. The molecule has 82 valence electrons. The third-order valence-corrected chi connectivity index (χ3v) is 2.08. The maximum Gasteiger partial charge on any atom is -0.0238 e. The summed E-state index contributed by atoms with van der Waals surface area (Å²) in [5.74, 6) is 0. The highest BCUT2D eigenvalue weighted by Gasteiger charge is 1.99. The van der Waals surface area contributed by atoms with Gasteiger partial charge in [-0.2, -0.15) is 0 Å². The Labute approximate surface area is 94.4 Å². The van der Waals surface area contributed by atoms with Gasteiger partial charge in [0.25, 0.3) is 0 Å². The fourth-order valence-corrected chi connectivity index (χ4v) is 1.18. The van der Waals surface area contributed by atoms with E-state index in [1.807, 2.05) is 19.1 Å². The molecule has 0 aromatic carbocycles. The van der Waals surface area contributed by atoms with E-state index >= 15 is 0 Å². The molecule has 0 heteroatoms. The zero-order valence-corrected chi connectivity index (χ0v) is 10.00. The molecule has 1 aliphatic carbocycles. The third kappa shape index (κ3) is 6.73. The first-order valence-corrected chi connectivity index (χ1v) is 5.54. The van der Waals surface area contributed by atoms with Crippen molar-refractivity contribution in [3.63, 3.8) is 0 Å². The van der Waals surface area contributed by atoms with Crippen LogP contribution in [0.25, 0.3) is 0 Å². The normalized spacial score (nSPS) is 14.1. The molecule has 1 rings (SSSR count). The quantitative estimate of drug-likeness (QED) is 0.447. The average molecular weight is 202 g/mol. The molecule has 15 heavy (non-hydrogen) atoms. The molecule has 0 aromatic heterocycles. The smallest absolute Gasteiger partial charge is 0.0238 e. The van der Waals surface area contributed by atoms with Gasteiger partial charge in [-0.1, -0.05) is 50.0 Å². The maximum atomic E-state index is 3.98. The summed E-state index contributed by atoms with van der Waals surface area (Å²) in [4.78, 5) is 0. The molecule has 0 unspecified atom stereocenters. The summed E-state index contributed by atoms with van der Waals surface area (Å²) in [7, 11) is 0. The topological polar surface area (TPSA) is 0 Å². The van der Waals surface area contributed by atoms with E-state index < -0.39 is 0 Å². The molecule has 0 saturated carbocycles. The Kier molecular flexibility index (Phi) is 8.46. The first kappa shape index (κ1) is 13.7. The monoisotopic (exact) mass is 202 g/mol. The second-order valence-corrected chi connectivity index (χ2v) is 3.38. The lowest BCUT2D eigenvalue weighted by Gasteiger charge is -2.07. The summed E-state index contributed by atoms with van der Waals surface area (Å²) in [5.41, 5.74) is 2.52. The SMILES string of the molecule is C=C(/C=C\C)C1=CC=CCC1.C=CCC. The van der Waals surface area contributed by atoms with Crippen molar-refractivity contribution in [1.82, 2.24) is 0 Å². The van der Waals surface area contributed by atoms with E-state index in [0.29, 0.717) is 0 Å². The molecule has 0 spiro atoms. The lowest BCUT2D eigenvalue weighted by Crippen LogP contribution is -1.88. The molecule has 0 aliphatic heterocycles. The second-order valence-electron chi connectivity index (χ2n) is 3.38. The molecular weight excluding hydrogens is 180 g/mol. The van der Waals surface area contributed by atoms with Crippen LogP contribution >= 0.6 is 0 Å². The fourth-order valence-electron chi connectivity index (χ4n) is 1.18. The van der Waals surface area contributed by atoms with Gasteiger partial charge in [-0.3, -0.25) is 0 Å². The van der Waals surface area contributed by atoms with Crippen LogP contribution in [0.5, 0.6) is 0 Å². The molecule has 0 N–H and O–H groups in total. The van der Waals surface area contributed by atoms with E-state index in [-0.39, 0.29) is 0 Å². The largest absolute Gasteiger partial charge is 0.103 e. The maximum absolute atomic E-state index is 3.98. The highest BCUT2D eigenvalue weighted by molar-refractivity contribution is 5.40. The van der Waals surface area contributed by atoms with E-state index in [4.69, 9.17) is 0 Å². The zero-order valence-electron chi connectivity index (χ0n) is 10.00. The van der Waals surface area contributed by atoms with Gasteiger partial charge in [0.05, 0.1) is 0 Å². The molecule has 0 aromatic rings. The van der Waals surface area contributed by atoms with Crippen LogP contribution in [0.3, 0.4) is 0 Å². The van der Waals surface area contributed by atoms with Crippen LogP contribution in [0, 0.1) is 0 Å². The minimum atomic E-state index is 1.08. The van der Waals surface area contributed by atoms with Crippen molar-refractivity contribution in [3.05, 3.63) is 60.8 Å². The van der Waals surface area contributed by atoms with Crippen molar-refractivity contribution in [2.45, 2.75) is 33.1 Å². The molecule has 1 aliphatic rings. The molecule has 0 saturated heterocycles. The van der Waals surface area contributed by atoms with Crippen LogP contribution in [-0.4, -0.2) is 0 Å². The lowest BCUT2D eigenvalue weighted by atomic mass is 9.98. The summed E-state index contributed by atoms with van der Waals surface area (Å²) in [6, 6.07) is 0. The van der Waals surface area contributed by atoms with Gasteiger partial charge < -0.3 is 0 Å². The van der Waals surface area contributed by atoms with Gasteiger partial charge in [0.1, 0.15) is 0 Å². The molecule has 0 fully saturated rings. The molecule has 0 bridgehead atoms. The minimum Gasteiger partial charge on any atom is -0.103 e. The Morgan fingerprint density at radius 2 is 2.20 bits per heavy atom. The van der Waals surface area contributed by atoms with Gasteiger partial charge in [-0.05, 0) is 37.3 Å².